The van der Waals surface area contributed by atoms with Crippen molar-refractivity contribution in [3.05, 3.63) is 0 Å². The van der Waals surface area contributed by atoms with Gasteiger partial charge in [0.15, 0.2) is 5.79 Å². The van der Waals surface area contributed by atoms with Crippen molar-refractivity contribution in [3.8, 4) is 0 Å². The van der Waals surface area contributed by atoms with Gasteiger partial charge in [0, 0.05) is 45.1 Å². The summed E-state index contributed by atoms with van der Waals surface area (Å²) in [5.41, 5.74) is 0. The normalized spacial score (nSPS) is 28.4. The Labute approximate surface area is 128 Å². The third kappa shape index (κ3) is 4.39. The number of nitrogens with one attached hydrogen (secondary N) is 1. The molecular weight excluding hydrogens is 266 g/mol. The minimum absolute atomic E-state index is 0.210. The third-order valence-corrected chi connectivity index (χ3v) is 5.24. The Bertz CT molecular complexity index is 303. The maximum Gasteiger partial charge on any atom is 0.168 e. The van der Waals surface area contributed by atoms with Gasteiger partial charge in [-0.2, -0.15) is 0 Å². The van der Waals surface area contributed by atoms with Crippen molar-refractivity contribution in [2.24, 2.45) is 0 Å². The maximum absolute atomic E-state index is 5.78. The Morgan fingerprint density at radius 3 is 2.38 bits per heavy atom. The molecule has 5 nitrogen and oxygen atoms in total. The molecule has 3 fully saturated rings. The molecule has 1 N–H and O–H groups in total. The molecule has 1 aliphatic carbocycles. The summed E-state index contributed by atoms with van der Waals surface area (Å²) in [4.78, 5) is 5.01. The van der Waals surface area contributed by atoms with Gasteiger partial charge < -0.3 is 24.6 Å². The predicted molar refractivity (Wildman–Crippen MR) is 83.4 cm³/mol. The summed E-state index contributed by atoms with van der Waals surface area (Å²) in [5.74, 6) is -0.210. The van der Waals surface area contributed by atoms with E-state index in [0.29, 0.717) is 6.04 Å². The first-order chi connectivity index (χ1) is 10.3. The van der Waals surface area contributed by atoms with Crippen LogP contribution in [0.2, 0.25) is 0 Å². The summed E-state index contributed by atoms with van der Waals surface area (Å²) in [6.45, 7) is 8.85. The average Bonchev–Trinajstić information content (AvgIpc) is 2.96. The highest BCUT2D eigenvalue weighted by molar-refractivity contribution is 4.85. The molecule has 122 valence electrons. The van der Waals surface area contributed by atoms with Crippen LogP contribution in [0.4, 0.5) is 0 Å². The lowest BCUT2D eigenvalue weighted by atomic mass is 9.90. The van der Waals surface area contributed by atoms with Crippen LogP contribution in [0.3, 0.4) is 0 Å². The van der Waals surface area contributed by atoms with Gasteiger partial charge >= 0.3 is 0 Å². The lowest BCUT2D eigenvalue weighted by molar-refractivity contribution is -0.179. The van der Waals surface area contributed by atoms with E-state index in [4.69, 9.17) is 9.47 Å². The molecule has 0 aromatic carbocycles. The van der Waals surface area contributed by atoms with Crippen molar-refractivity contribution in [2.75, 3.05) is 59.5 Å². The zero-order chi connectivity index (χ0) is 14.5. The molecule has 21 heavy (non-hydrogen) atoms. The first kappa shape index (κ1) is 15.7. The van der Waals surface area contributed by atoms with Crippen LogP contribution < -0.4 is 5.32 Å². The number of likely N-dealkylation sites (N-methyl/N-ethyl adjacent to an activating group) is 1. The molecule has 0 bridgehead atoms. The molecule has 2 aliphatic heterocycles. The third-order valence-electron chi connectivity index (χ3n) is 5.24. The fraction of sp³-hybridized carbons (Fsp3) is 1.00. The Balaban J connectivity index is 1.25. The predicted octanol–water partition coefficient (Wildman–Crippen LogP) is 0.899. The van der Waals surface area contributed by atoms with Crippen LogP contribution >= 0.6 is 0 Å². The topological polar surface area (TPSA) is 37.0 Å². The fourth-order valence-electron chi connectivity index (χ4n) is 3.73. The highest BCUT2D eigenvalue weighted by Gasteiger charge is 2.40. The van der Waals surface area contributed by atoms with Gasteiger partial charge in [-0.1, -0.05) is 0 Å². The fourth-order valence-corrected chi connectivity index (χ4v) is 3.73. The van der Waals surface area contributed by atoms with E-state index in [1.165, 1.54) is 52.0 Å². The molecule has 5 heteroatoms. The first-order valence-corrected chi connectivity index (χ1v) is 8.68. The molecule has 0 radical (unpaired) electrons. The molecule has 0 unspecified atom stereocenters. The highest BCUT2D eigenvalue weighted by Crippen LogP contribution is 2.35. The number of ether oxygens (including phenoxy) is 2. The van der Waals surface area contributed by atoms with Crippen LogP contribution in [0.15, 0.2) is 0 Å². The zero-order valence-electron chi connectivity index (χ0n) is 13.5. The zero-order valence-corrected chi connectivity index (χ0v) is 13.5. The van der Waals surface area contributed by atoms with Crippen molar-refractivity contribution in [1.82, 2.24) is 15.1 Å². The summed E-state index contributed by atoms with van der Waals surface area (Å²) >= 11 is 0. The molecule has 2 heterocycles. The van der Waals surface area contributed by atoms with Gasteiger partial charge in [-0.15, -0.1) is 0 Å². The quantitative estimate of drug-likeness (QED) is 0.763. The second-order valence-corrected chi connectivity index (χ2v) is 6.83. The Kier molecular flexibility index (Phi) is 5.51. The van der Waals surface area contributed by atoms with Crippen molar-refractivity contribution < 1.29 is 9.47 Å². The summed E-state index contributed by atoms with van der Waals surface area (Å²) in [5, 5.41) is 3.73. The van der Waals surface area contributed by atoms with E-state index >= 15 is 0 Å². The van der Waals surface area contributed by atoms with E-state index < -0.39 is 0 Å². The highest BCUT2D eigenvalue weighted by atomic mass is 16.7. The number of rotatable bonds is 5. The number of hydrogen-bond donors (Lipinski definition) is 1. The molecular formula is C16H31N3O2. The van der Waals surface area contributed by atoms with Crippen molar-refractivity contribution in [2.45, 2.75) is 43.9 Å². The van der Waals surface area contributed by atoms with Crippen molar-refractivity contribution in [3.63, 3.8) is 0 Å². The van der Waals surface area contributed by atoms with Gasteiger partial charge in [-0.05, 0) is 39.4 Å². The van der Waals surface area contributed by atoms with Gasteiger partial charge in [0.25, 0.3) is 0 Å². The van der Waals surface area contributed by atoms with Gasteiger partial charge in [-0.25, -0.2) is 0 Å². The second-order valence-electron chi connectivity index (χ2n) is 6.83. The van der Waals surface area contributed by atoms with E-state index in [2.05, 4.69) is 22.2 Å². The Hall–Kier alpha value is -0.200. The van der Waals surface area contributed by atoms with Crippen LogP contribution in [0.5, 0.6) is 0 Å². The lowest BCUT2D eigenvalue weighted by Crippen LogP contribution is -2.45. The van der Waals surface area contributed by atoms with Crippen LogP contribution in [-0.2, 0) is 9.47 Å². The molecule has 0 atom stereocenters. The second kappa shape index (κ2) is 7.38. The van der Waals surface area contributed by atoms with Crippen LogP contribution in [0.1, 0.15) is 32.1 Å². The van der Waals surface area contributed by atoms with Gasteiger partial charge in [-0.3, -0.25) is 0 Å². The molecule has 3 aliphatic rings. The van der Waals surface area contributed by atoms with E-state index in [1.807, 2.05) is 0 Å². The lowest BCUT2D eigenvalue weighted by Gasteiger charge is -2.36. The Morgan fingerprint density at radius 1 is 1.05 bits per heavy atom. The van der Waals surface area contributed by atoms with E-state index in [0.717, 1.165) is 32.6 Å². The summed E-state index contributed by atoms with van der Waals surface area (Å²) in [7, 11) is 2.21. The van der Waals surface area contributed by atoms with Crippen molar-refractivity contribution in [1.29, 1.82) is 0 Å². The van der Waals surface area contributed by atoms with Crippen molar-refractivity contribution >= 4 is 0 Å². The first-order valence-electron chi connectivity index (χ1n) is 8.68. The minimum Gasteiger partial charge on any atom is -0.348 e. The van der Waals surface area contributed by atoms with Crippen LogP contribution in [-0.4, -0.2) is 81.2 Å². The molecule has 2 saturated heterocycles. The summed E-state index contributed by atoms with van der Waals surface area (Å²) in [6, 6.07) is 0.663. The largest absolute Gasteiger partial charge is 0.348 e. The summed E-state index contributed by atoms with van der Waals surface area (Å²) < 4.78 is 11.6. The van der Waals surface area contributed by atoms with Gasteiger partial charge in [0.2, 0.25) is 0 Å². The van der Waals surface area contributed by atoms with E-state index in [-0.39, 0.29) is 5.79 Å². The monoisotopic (exact) mass is 297 g/mol. The number of hydrogen-bond acceptors (Lipinski definition) is 5. The van der Waals surface area contributed by atoms with Gasteiger partial charge in [0.05, 0.1) is 13.2 Å². The molecule has 3 rings (SSSR count). The Morgan fingerprint density at radius 2 is 1.71 bits per heavy atom. The summed E-state index contributed by atoms with van der Waals surface area (Å²) in [6.07, 6.45) is 5.76. The number of nitrogens with zero attached hydrogens (tertiary/aromatic N) is 2. The number of piperazine rings is 1. The average molecular weight is 297 g/mol. The smallest absolute Gasteiger partial charge is 0.168 e. The minimum atomic E-state index is -0.210. The standard InChI is InChI=1S/C16H31N3O2/c1-18-9-11-19(12-10-18)8-2-7-17-15-3-5-16(6-4-15)20-13-14-21-16/h15,17H,2-14H2,1H3. The van der Waals surface area contributed by atoms with Gasteiger partial charge in [0.1, 0.15) is 0 Å². The van der Waals surface area contributed by atoms with E-state index in [1.54, 1.807) is 0 Å². The van der Waals surface area contributed by atoms with E-state index in [9.17, 15) is 0 Å². The van der Waals surface area contributed by atoms with Crippen LogP contribution in [0.25, 0.3) is 0 Å². The molecule has 0 amide bonds. The molecule has 0 aromatic heterocycles. The molecule has 0 aromatic rings. The maximum atomic E-state index is 5.78. The molecule has 1 saturated carbocycles. The molecule has 1 spiro atoms. The van der Waals surface area contributed by atoms with Crippen LogP contribution in [0, 0.1) is 0 Å². The SMILES string of the molecule is CN1CCN(CCCNC2CCC3(CC2)OCCO3)CC1.